The third-order valence-electron chi connectivity index (χ3n) is 2.20. The quantitative estimate of drug-likeness (QED) is 0.767. The highest BCUT2D eigenvalue weighted by molar-refractivity contribution is 7.80. The molecule has 0 aliphatic rings. The minimum absolute atomic E-state index is 0.0708. The summed E-state index contributed by atoms with van der Waals surface area (Å²) in [4.78, 5) is 0.0708. The van der Waals surface area contributed by atoms with Crippen LogP contribution in [0.2, 0.25) is 0 Å². The number of hydrogen-bond donors (Lipinski definition) is 1. The van der Waals surface area contributed by atoms with Crippen LogP contribution in [0.5, 0.6) is 0 Å². The molecule has 0 aromatic heterocycles. The van der Waals surface area contributed by atoms with Gasteiger partial charge in [-0.15, -0.1) is 0 Å². The van der Waals surface area contributed by atoms with Crippen molar-refractivity contribution in [2.75, 3.05) is 0 Å². The fourth-order valence-electron chi connectivity index (χ4n) is 1.22. The first kappa shape index (κ1) is 11.0. The number of nitrogens with two attached hydrogens (primary N) is 1. The van der Waals surface area contributed by atoms with Crippen LogP contribution in [0.25, 0.3) is 0 Å². The fourth-order valence-corrected chi connectivity index (χ4v) is 1.32. The molecule has 1 aromatic carbocycles. The highest BCUT2D eigenvalue weighted by Crippen LogP contribution is 2.28. The van der Waals surface area contributed by atoms with E-state index in [1.54, 1.807) is 13.8 Å². The van der Waals surface area contributed by atoms with Gasteiger partial charge in [0.2, 0.25) is 0 Å². The topological polar surface area (TPSA) is 26.0 Å². The molecule has 0 atom stereocenters. The smallest absolute Gasteiger partial charge is 0.130 e. The zero-order valence-corrected chi connectivity index (χ0v) is 8.79. The van der Waals surface area contributed by atoms with Gasteiger partial charge >= 0.3 is 0 Å². The van der Waals surface area contributed by atoms with Crippen LogP contribution in [0.3, 0.4) is 0 Å². The van der Waals surface area contributed by atoms with Gasteiger partial charge < -0.3 is 5.73 Å². The number of rotatable bonds is 2. The van der Waals surface area contributed by atoms with E-state index in [9.17, 15) is 8.78 Å². The molecule has 0 aliphatic carbocycles. The van der Waals surface area contributed by atoms with Crippen LogP contribution in [0.4, 0.5) is 8.78 Å². The number of halogens is 2. The normalized spacial score (nSPS) is 11.4. The van der Waals surface area contributed by atoms with E-state index < -0.39 is 17.0 Å². The lowest BCUT2D eigenvalue weighted by Gasteiger charge is -2.24. The molecule has 76 valence electrons. The van der Waals surface area contributed by atoms with Crippen molar-refractivity contribution in [1.29, 1.82) is 0 Å². The third kappa shape index (κ3) is 1.75. The molecule has 14 heavy (non-hydrogen) atoms. The summed E-state index contributed by atoms with van der Waals surface area (Å²) in [5, 5.41) is 0. The summed E-state index contributed by atoms with van der Waals surface area (Å²) in [6.45, 7) is 3.19. The average molecular weight is 215 g/mol. The lowest BCUT2D eigenvalue weighted by molar-refractivity contribution is 0.517. The summed E-state index contributed by atoms with van der Waals surface area (Å²) < 4.78 is 26.7. The molecule has 1 aromatic rings. The minimum Gasteiger partial charge on any atom is -0.393 e. The molecule has 0 radical (unpaired) electrons. The zero-order valence-electron chi connectivity index (χ0n) is 7.97. The molecule has 0 heterocycles. The largest absolute Gasteiger partial charge is 0.393 e. The van der Waals surface area contributed by atoms with E-state index in [2.05, 4.69) is 0 Å². The second-order valence-electron chi connectivity index (χ2n) is 3.59. The molecule has 1 rings (SSSR count). The molecular formula is C10H11F2NS. The average Bonchev–Trinajstić information content (AvgIpc) is 2.02. The Balaban J connectivity index is 3.38. The van der Waals surface area contributed by atoms with Crippen molar-refractivity contribution in [3.8, 4) is 0 Å². The molecule has 0 aliphatic heterocycles. The molecule has 0 amide bonds. The molecule has 0 spiro atoms. The van der Waals surface area contributed by atoms with Crippen molar-refractivity contribution in [2.24, 2.45) is 5.73 Å². The predicted octanol–water partition coefficient (Wildman–Crippen LogP) is 2.53. The predicted molar refractivity (Wildman–Crippen MR) is 56.2 cm³/mol. The molecule has 1 nitrogen and oxygen atoms in total. The maximum atomic E-state index is 13.4. The maximum absolute atomic E-state index is 13.4. The monoisotopic (exact) mass is 215 g/mol. The third-order valence-corrected chi connectivity index (χ3v) is 2.71. The van der Waals surface area contributed by atoms with Gasteiger partial charge in [-0.05, 0) is 26.0 Å². The van der Waals surface area contributed by atoms with Crippen LogP contribution in [0.15, 0.2) is 18.2 Å². The van der Waals surface area contributed by atoms with Gasteiger partial charge in [-0.2, -0.15) is 0 Å². The van der Waals surface area contributed by atoms with Crippen LogP contribution >= 0.6 is 12.2 Å². The van der Waals surface area contributed by atoms with Gasteiger partial charge in [0.1, 0.15) is 11.6 Å². The van der Waals surface area contributed by atoms with Crippen molar-refractivity contribution in [3.63, 3.8) is 0 Å². The Morgan fingerprint density at radius 3 is 2.07 bits per heavy atom. The first-order valence-electron chi connectivity index (χ1n) is 4.11. The Kier molecular flexibility index (Phi) is 2.85. The Bertz CT molecular complexity index is 354. The van der Waals surface area contributed by atoms with Gasteiger partial charge in [-0.25, -0.2) is 8.78 Å². The Labute approximate surface area is 86.9 Å². The van der Waals surface area contributed by atoms with Crippen molar-refractivity contribution in [2.45, 2.75) is 19.3 Å². The van der Waals surface area contributed by atoms with E-state index in [0.29, 0.717) is 0 Å². The fraction of sp³-hybridized carbons (Fsp3) is 0.300. The maximum Gasteiger partial charge on any atom is 0.130 e. The summed E-state index contributed by atoms with van der Waals surface area (Å²) in [6.07, 6.45) is 0. The van der Waals surface area contributed by atoms with Gasteiger partial charge in [0.15, 0.2) is 0 Å². The SMILES string of the molecule is CC(C)(C(N)=S)c1c(F)cccc1F. The molecule has 0 bridgehead atoms. The van der Waals surface area contributed by atoms with Crippen LogP contribution in [0, 0.1) is 11.6 Å². The van der Waals surface area contributed by atoms with Crippen LogP contribution in [-0.4, -0.2) is 4.99 Å². The summed E-state index contributed by atoms with van der Waals surface area (Å²) in [5.74, 6) is -1.24. The van der Waals surface area contributed by atoms with Crippen molar-refractivity contribution in [1.82, 2.24) is 0 Å². The van der Waals surface area contributed by atoms with Crippen LogP contribution in [0.1, 0.15) is 19.4 Å². The molecule has 4 heteroatoms. The summed E-state index contributed by atoms with van der Waals surface area (Å²) in [7, 11) is 0. The van der Waals surface area contributed by atoms with Gasteiger partial charge in [-0.3, -0.25) is 0 Å². The summed E-state index contributed by atoms with van der Waals surface area (Å²) in [5.41, 5.74) is 4.39. The number of benzene rings is 1. The molecule has 0 fully saturated rings. The van der Waals surface area contributed by atoms with Crippen molar-refractivity contribution >= 4 is 17.2 Å². The first-order chi connectivity index (χ1) is 6.37. The lowest BCUT2D eigenvalue weighted by Crippen LogP contribution is -2.35. The van der Waals surface area contributed by atoms with Gasteiger partial charge in [0.05, 0.1) is 4.99 Å². The Morgan fingerprint density at radius 1 is 1.29 bits per heavy atom. The molecule has 0 saturated carbocycles. The lowest BCUT2D eigenvalue weighted by atomic mass is 9.84. The standard InChI is InChI=1S/C10H11F2NS/c1-10(2,9(13)14)8-6(11)4-3-5-7(8)12/h3-5H,1-2H3,(H2,13,14). The van der Waals surface area contributed by atoms with Crippen molar-refractivity contribution in [3.05, 3.63) is 35.4 Å². The highest BCUT2D eigenvalue weighted by atomic mass is 32.1. The van der Waals surface area contributed by atoms with Crippen LogP contribution < -0.4 is 5.73 Å². The Hall–Kier alpha value is -1.03. The molecule has 0 saturated heterocycles. The van der Waals surface area contributed by atoms with Crippen molar-refractivity contribution < 1.29 is 8.78 Å². The number of thiocarbonyl (C=S) groups is 1. The molecule has 0 unspecified atom stereocenters. The zero-order chi connectivity index (χ0) is 10.9. The highest BCUT2D eigenvalue weighted by Gasteiger charge is 2.30. The van der Waals surface area contributed by atoms with Gasteiger partial charge in [0, 0.05) is 11.0 Å². The van der Waals surface area contributed by atoms with Crippen LogP contribution in [-0.2, 0) is 5.41 Å². The minimum atomic E-state index is -0.968. The first-order valence-corrected chi connectivity index (χ1v) is 4.52. The molecular weight excluding hydrogens is 204 g/mol. The van der Waals surface area contributed by atoms with E-state index in [-0.39, 0.29) is 10.6 Å². The second-order valence-corrected chi connectivity index (χ2v) is 4.03. The van der Waals surface area contributed by atoms with E-state index in [0.717, 1.165) is 0 Å². The van der Waals surface area contributed by atoms with Gasteiger partial charge in [-0.1, -0.05) is 18.3 Å². The second kappa shape index (κ2) is 3.61. The van der Waals surface area contributed by atoms with E-state index in [1.165, 1.54) is 18.2 Å². The van der Waals surface area contributed by atoms with E-state index in [1.807, 2.05) is 0 Å². The summed E-state index contributed by atoms with van der Waals surface area (Å²) >= 11 is 4.78. The van der Waals surface area contributed by atoms with E-state index in [4.69, 9.17) is 18.0 Å². The van der Waals surface area contributed by atoms with E-state index >= 15 is 0 Å². The van der Waals surface area contributed by atoms with Gasteiger partial charge in [0.25, 0.3) is 0 Å². The summed E-state index contributed by atoms with van der Waals surface area (Å²) in [6, 6.07) is 3.70. The Morgan fingerprint density at radius 2 is 1.71 bits per heavy atom. The molecule has 2 N–H and O–H groups in total. The number of hydrogen-bond acceptors (Lipinski definition) is 1.